The first kappa shape index (κ1) is 15.7. The summed E-state index contributed by atoms with van der Waals surface area (Å²) in [5, 5.41) is 12.6. The molecule has 2 atom stereocenters. The molecule has 0 aliphatic rings. The molecule has 0 aromatic heterocycles. The molecule has 4 N–H and O–H groups in total. The van der Waals surface area contributed by atoms with Crippen molar-refractivity contribution >= 4 is 17.7 Å². The summed E-state index contributed by atoms with van der Waals surface area (Å²) in [6.45, 7) is 4.40. The van der Waals surface area contributed by atoms with E-state index in [1.165, 1.54) is 0 Å². The Bertz CT molecular complexity index is 210. The van der Waals surface area contributed by atoms with E-state index in [4.69, 9.17) is 5.73 Å². The van der Waals surface area contributed by atoms with Crippen LogP contribution in [-0.2, 0) is 4.79 Å². The van der Waals surface area contributed by atoms with Crippen LogP contribution in [0.15, 0.2) is 0 Å². The number of thioether (sulfide) groups is 1. The molecule has 1 amide bonds. The highest BCUT2D eigenvalue weighted by molar-refractivity contribution is 7.98. The smallest absolute Gasteiger partial charge is 0.224 e. The van der Waals surface area contributed by atoms with Gasteiger partial charge < -0.3 is 16.2 Å². The highest BCUT2D eigenvalue weighted by atomic mass is 32.2. The zero-order valence-corrected chi connectivity index (χ0v) is 11.3. The van der Waals surface area contributed by atoms with E-state index < -0.39 is 5.60 Å². The number of rotatable bonds is 8. The molecule has 0 rings (SSSR count). The minimum absolute atomic E-state index is 0.0503. The maximum absolute atomic E-state index is 11.7. The molecular weight excluding hydrogens is 224 g/mol. The second-order valence-corrected chi connectivity index (χ2v) is 5.24. The molecule has 16 heavy (non-hydrogen) atoms. The highest BCUT2D eigenvalue weighted by Crippen LogP contribution is 2.10. The lowest BCUT2D eigenvalue weighted by Gasteiger charge is -2.24. The lowest BCUT2D eigenvalue weighted by Crippen LogP contribution is -2.45. The molecule has 0 spiro atoms. The van der Waals surface area contributed by atoms with Gasteiger partial charge in [0.2, 0.25) is 5.91 Å². The summed E-state index contributed by atoms with van der Waals surface area (Å²) in [5.41, 5.74) is 4.68. The summed E-state index contributed by atoms with van der Waals surface area (Å²) in [5.74, 6) is 0.426. The van der Waals surface area contributed by atoms with E-state index >= 15 is 0 Å². The van der Waals surface area contributed by atoms with Gasteiger partial charge in [-0.25, -0.2) is 0 Å². The Labute approximate surface area is 102 Å². The van der Waals surface area contributed by atoms with Crippen molar-refractivity contribution in [2.24, 2.45) is 11.7 Å². The fourth-order valence-corrected chi connectivity index (χ4v) is 2.21. The lowest BCUT2D eigenvalue weighted by molar-refractivity contribution is -0.125. The number of nitrogens with two attached hydrogens (primary N) is 1. The van der Waals surface area contributed by atoms with Gasteiger partial charge in [-0.1, -0.05) is 13.3 Å². The van der Waals surface area contributed by atoms with Crippen LogP contribution in [0.4, 0.5) is 0 Å². The molecule has 0 aliphatic carbocycles. The van der Waals surface area contributed by atoms with Crippen LogP contribution in [0.2, 0.25) is 0 Å². The monoisotopic (exact) mass is 248 g/mol. The molecule has 4 nitrogen and oxygen atoms in total. The zero-order chi connectivity index (χ0) is 12.6. The largest absolute Gasteiger partial charge is 0.387 e. The number of aliphatic hydroxyl groups is 1. The Morgan fingerprint density at radius 1 is 1.62 bits per heavy atom. The van der Waals surface area contributed by atoms with Gasteiger partial charge in [0, 0.05) is 18.8 Å². The van der Waals surface area contributed by atoms with E-state index in [1.807, 2.05) is 13.2 Å². The van der Waals surface area contributed by atoms with E-state index in [0.29, 0.717) is 12.3 Å². The van der Waals surface area contributed by atoms with E-state index in [9.17, 15) is 9.90 Å². The van der Waals surface area contributed by atoms with Crippen LogP contribution in [0.3, 0.4) is 0 Å². The maximum atomic E-state index is 11.7. The molecule has 0 bridgehead atoms. The summed E-state index contributed by atoms with van der Waals surface area (Å²) >= 11 is 1.56. The first-order valence-electron chi connectivity index (χ1n) is 5.66. The van der Waals surface area contributed by atoms with Crippen LogP contribution in [0.1, 0.15) is 26.7 Å². The number of nitrogens with one attached hydrogen (secondary N) is 1. The summed E-state index contributed by atoms with van der Waals surface area (Å²) in [7, 11) is 0. The first-order valence-corrected chi connectivity index (χ1v) is 7.05. The molecule has 2 unspecified atom stereocenters. The SMILES string of the molecule is CCCC(CN)C(=O)NCC(C)(O)CSC. The van der Waals surface area contributed by atoms with Crippen LogP contribution < -0.4 is 11.1 Å². The van der Waals surface area contributed by atoms with E-state index in [-0.39, 0.29) is 18.4 Å². The average Bonchev–Trinajstić information content (AvgIpc) is 2.22. The number of amides is 1. The van der Waals surface area contributed by atoms with E-state index in [2.05, 4.69) is 5.32 Å². The molecule has 5 heteroatoms. The Balaban J connectivity index is 4.04. The van der Waals surface area contributed by atoms with Crippen LogP contribution >= 0.6 is 11.8 Å². The van der Waals surface area contributed by atoms with Crippen LogP contribution in [-0.4, -0.2) is 41.7 Å². The quantitative estimate of drug-likeness (QED) is 0.588. The van der Waals surface area contributed by atoms with Crippen molar-refractivity contribution in [3.05, 3.63) is 0 Å². The van der Waals surface area contributed by atoms with Crippen LogP contribution in [0, 0.1) is 5.92 Å². The van der Waals surface area contributed by atoms with Crippen molar-refractivity contribution in [3.8, 4) is 0 Å². The molecule has 96 valence electrons. The van der Waals surface area contributed by atoms with Gasteiger partial charge in [0.25, 0.3) is 0 Å². The molecule has 0 fully saturated rings. The number of carbonyl (C=O) groups excluding carboxylic acids is 1. The van der Waals surface area contributed by atoms with Gasteiger partial charge in [0.1, 0.15) is 0 Å². The Morgan fingerprint density at radius 2 is 2.25 bits per heavy atom. The lowest BCUT2D eigenvalue weighted by atomic mass is 10.0. The fourth-order valence-electron chi connectivity index (χ4n) is 1.49. The second kappa shape index (κ2) is 7.92. The van der Waals surface area contributed by atoms with E-state index in [1.54, 1.807) is 18.7 Å². The highest BCUT2D eigenvalue weighted by Gasteiger charge is 2.22. The minimum Gasteiger partial charge on any atom is -0.387 e. The fraction of sp³-hybridized carbons (Fsp3) is 0.909. The molecule has 0 heterocycles. The predicted molar refractivity (Wildman–Crippen MR) is 69.5 cm³/mol. The normalized spacial score (nSPS) is 16.6. The van der Waals surface area contributed by atoms with E-state index in [0.717, 1.165) is 12.8 Å². The zero-order valence-electron chi connectivity index (χ0n) is 10.5. The molecule has 0 aromatic rings. The Hall–Kier alpha value is -0.260. The molecule has 0 saturated carbocycles. The summed E-state index contributed by atoms with van der Waals surface area (Å²) in [6, 6.07) is 0. The average molecular weight is 248 g/mol. The third-order valence-electron chi connectivity index (χ3n) is 2.39. The minimum atomic E-state index is -0.847. The maximum Gasteiger partial charge on any atom is 0.224 e. The van der Waals surface area contributed by atoms with Gasteiger partial charge in [-0.05, 0) is 19.6 Å². The first-order chi connectivity index (χ1) is 7.46. The van der Waals surface area contributed by atoms with Gasteiger partial charge in [0.05, 0.1) is 11.5 Å². The van der Waals surface area contributed by atoms with Gasteiger partial charge in [0.15, 0.2) is 0 Å². The van der Waals surface area contributed by atoms with Crippen molar-refractivity contribution in [1.82, 2.24) is 5.32 Å². The van der Waals surface area contributed by atoms with Crippen molar-refractivity contribution in [3.63, 3.8) is 0 Å². The molecule has 0 radical (unpaired) electrons. The standard InChI is InChI=1S/C11H24N2O2S/c1-4-5-9(6-12)10(14)13-7-11(2,15)8-16-3/h9,15H,4-8,12H2,1-3H3,(H,13,14). The summed E-state index contributed by atoms with van der Waals surface area (Å²) in [6.07, 6.45) is 3.67. The molecular formula is C11H24N2O2S. The van der Waals surface area contributed by atoms with Crippen molar-refractivity contribution < 1.29 is 9.90 Å². The van der Waals surface area contributed by atoms with Gasteiger partial charge in [-0.15, -0.1) is 0 Å². The number of hydrogen-bond acceptors (Lipinski definition) is 4. The van der Waals surface area contributed by atoms with Gasteiger partial charge in [-0.2, -0.15) is 11.8 Å². The third-order valence-corrected chi connectivity index (χ3v) is 3.30. The Kier molecular flexibility index (Phi) is 7.80. The second-order valence-electron chi connectivity index (χ2n) is 4.37. The van der Waals surface area contributed by atoms with Crippen molar-refractivity contribution in [1.29, 1.82) is 0 Å². The van der Waals surface area contributed by atoms with Crippen molar-refractivity contribution in [2.75, 3.05) is 25.1 Å². The van der Waals surface area contributed by atoms with Crippen molar-refractivity contribution in [2.45, 2.75) is 32.3 Å². The third kappa shape index (κ3) is 6.35. The summed E-state index contributed by atoms with van der Waals surface area (Å²) < 4.78 is 0. The van der Waals surface area contributed by atoms with Gasteiger partial charge >= 0.3 is 0 Å². The van der Waals surface area contributed by atoms with Gasteiger partial charge in [-0.3, -0.25) is 4.79 Å². The topological polar surface area (TPSA) is 75.4 Å². The summed E-state index contributed by atoms with van der Waals surface area (Å²) in [4.78, 5) is 11.7. The molecule has 0 aliphatic heterocycles. The Morgan fingerprint density at radius 3 is 2.69 bits per heavy atom. The molecule has 0 aromatic carbocycles. The number of carbonyl (C=O) groups is 1. The molecule has 0 saturated heterocycles. The number of hydrogen-bond donors (Lipinski definition) is 3. The van der Waals surface area contributed by atoms with Crippen LogP contribution in [0.5, 0.6) is 0 Å². The predicted octanol–water partition coefficient (Wildman–Crippen LogP) is 0.592. The van der Waals surface area contributed by atoms with Crippen LogP contribution in [0.25, 0.3) is 0 Å².